The molecule has 0 bridgehead atoms. The zero-order valence-corrected chi connectivity index (χ0v) is 10.4. The van der Waals surface area contributed by atoms with Crippen molar-refractivity contribution in [2.75, 3.05) is 0 Å². The average molecular weight is 273 g/mol. The van der Waals surface area contributed by atoms with Gasteiger partial charge in [0.1, 0.15) is 23.2 Å². The Hall–Kier alpha value is -1.17. The number of nitrogens with two attached hydrogens (primary N) is 1. The molecule has 0 saturated carbocycles. The number of aromatic nitrogens is 1. The quantitative estimate of drug-likeness (QED) is 0.931. The van der Waals surface area contributed by atoms with E-state index in [-0.39, 0.29) is 10.8 Å². The highest BCUT2D eigenvalue weighted by molar-refractivity contribution is 7.09. The Morgan fingerprint density at radius 2 is 2.29 bits per heavy atom. The molecule has 6 heteroatoms. The summed E-state index contributed by atoms with van der Waals surface area (Å²) in [6.07, 6.45) is 0. The number of thiazole rings is 1. The Morgan fingerprint density at radius 3 is 2.94 bits per heavy atom. The standard InChI is InChI=1S/C11H10ClFN2OS/c12-9-3-7(13)1-2-10(9)16-5-8-6-17-11(4-14)15-8/h1-3,6H,4-5,14H2. The van der Waals surface area contributed by atoms with Crippen molar-refractivity contribution in [2.45, 2.75) is 13.2 Å². The SMILES string of the molecule is NCc1nc(COc2ccc(F)cc2Cl)cs1. The van der Waals surface area contributed by atoms with E-state index in [9.17, 15) is 4.39 Å². The maximum atomic E-state index is 12.8. The van der Waals surface area contributed by atoms with E-state index in [2.05, 4.69) is 4.98 Å². The van der Waals surface area contributed by atoms with Crippen molar-refractivity contribution in [2.24, 2.45) is 5.73 Å². The molecule has 0 spiro atoms. The average Bonchev–Trinajstić information content (AvgIpc) is 2.76. The molecule has 2 N–H and O–H groups in total. The molecule has 0 aliphatic heterocycles. The minimum Gasteiger partial charge on any atom is -0.486 e. The molecule has 1 aromatic carbocycles. The Balaban J connectivity index is 2.02. The fraction of sp³-hybridized carbons (Fsp3) is 0.182. The van der Waals surface area contributed by atoms with Gasteiger partial charge in [-0.2, -0.15) is 0 Å². The van der Waals surface area contributed by atoms with Gasteiger partial charge in [0.2, 0.25) is 0 Å². The molecule has 1 heterocycles. The highest BCUT2D eigenvalue weighted by atomic mass is 35.5. The van der Waals surface area contributed by atoms with Crippen LogP contribution in [0.3, 0.4) is 0 Å². The molecule has 0 aliphatic rings. The van der Waals surface area contributed by atoms with Crippen LogP contribution in [0.4, 0.5) is 4.39 Å². The molecular weight excluding hydrogens is 263 g/mol. The minimum atomic E-state index is -0.388. The molecule has 0 amide bonds. The van der Waals surface area contributed by atoms with Crippen LogP contribution in [0.5, 0.6) is 5.75 Å². The first kappa shape index (κ1) is 12.3. The minimum absolute atomic E-state index is 0.249. The maximum absolute atomic E-state index is 12.8. The summed E-state index contributed by atoms with van der Waals surface area (Å²) in [5.41, 5.74) is 6.24. The molecule has 0 radical (unpaired) electrons. The van der Waals surface area contributed by atoms with Gasteiger partial charge in [-0.1, -0.05) is 11.6 Å². The number of ether oxygens (including phenoxy) is 1. The van der Waals surface area contributed by atoms with E-state index in [0.29, 0.717) is 18.9 Å². The van der Waals surface area contributed by atoms with Gasteiger partial charge in [-0.15, -0.1) is 11.3 Å². The summed E-state index contributed by atoms with van der Waals surface area (Å²) in [7, 11) is 0. The lowest BCUT2D eigenvalue weighted by atomic mass is 10.3. The summed E-state index contributed by atoms with van der Waals surface area (Å²) >= 11 is 7.31. The van der Waals surface area contributed by atoms with E-state index in [1.54, 1.807) is 0 Å². The summed E-state index contributed by atoms with van der Waals surface area (Å²) in [4.78, 5) is 4.24. The van der Waals surface area contributed by atoms with E-state index in [1.807, 2.05) is 5.38 Å². The number of hydrogen-bond acceptors (Lipinski definition) is 4. The van der Waals surface area contributed by atoms with Gasteiger partial charge in [-0.3, -0.25) is 0 Å². The summed E-state index contributed by atoms with van der Waals surface area (Å²) < 4.78 is 18.2. The van der Waals surface area contributed by atoms with Crippen LogP contribution in [-0.4, -0.2) is 4.98 Å². The number of rotatable bonds is 4. The van der Waals surface area contributed by atoms with Crippen LogP contribution < -0.4 is 10.5 Å². The molecule has 0 aliphatic carbocycles. The Kier molecular flexibility index (Phi) is 3.93. The third kappa shape index (κ3) is 3.15. The van der Waals surface area contributed by atoms with E-state index < -0.39 is 0 Å². The van der Waals surface area contributed by atoms with Crippen LogP contribution in [0, 0.1) is 5.82 Å². The third-order valence-electron chi connectivity index (χ3n) is 2.04. The van der Waals surface area contributed by atoms with E-state index in [1.165, 1.54) is 29.5 Å². The first-order chi connectivity index (χ1) is 8.19. The fourth-order valence-corrected chi connectivity index (χ4v) is 2.13. The molecular formula is C11H10ClFN2OS. The van der Waals surface area contributed by atoms with Gasteiger partial charge >= 0.3 is 0 Å². The fourth-order valence-electron chi connectivity index (χ4n) is 1.25. The van der Waals surface area contributed by atoms with E-state index in [0.717, 1.165) is 10.7 Å². The van der Waals surface area contributed by atoms with Crippen molar-refractivity contribution < 1.29 is 9.13 Å². The zero-order chi connectivity index (χ0) is 12.3. The van der Waals surface area contributed by atoms with Gasteiger partial charge in [-0.05, 0) is 18.2 Å². The van der Waals surface area contributed by atoms with Crippen LogP contribution >= 0.6 is 22.9 Å². The summed E-state index contributed by atoms with van der Waals surface area (Å²) in [5, 5.41) is 2.98. The highest BCUT2D eigenvalue weighted by Gasteiger charge is 2.05. The summed E-state index contributed by atoms with van der Waals surface area (Å²) in [6.45, 7) is 0.712. The smallest absolute Gasteiger partial charge is 0.138 e. The molecule has 0 atom stereocenters. The molecule has 3 nitrogen and oxygen atoms in total. The molecule has 0 fully saturated rings. The lowest BCUT2D eigenvalue weighted by molar-refractivity contribution is 0.301. The largest absolute Gasteiger partial charge is 0.486 e. The Morgan fingerprint density at radius 1 is 1.47 bits per heavy atom. The first-order valence-electron chi connectivity index (χ1n) is 4.90. The number of nitrogens with zero attached hydrogens (tertiary/aromatic N) is 1. The number of benzene rings is 1. The monoisotopic (exact) mass is 272 g/mol. The van der Waals surface area contributed by atoms with Crippen LogP contribution in [-0.2, 0) is 13.2 Å². The lowest BCUT2D eigenvalue weighted by Crippen LogP contribution is -1.99. The molecule has 2 rings (SSSR count). The van der Waals surface area contributed by atoms with Crippen molar-refractivity contribution in [3.05, 3.63) is 45.1 Å². The topological polar surface area (TPSA) is 48.1 Å². The van der Waals surface area contributed by atoms with Crippen molar-refractivity contribution in [1.82, 2.24) is 4.98 Å². The second kappa shape index (κ2) is 5.44. The highest BCUT2D eigenvalue weighted by Crippen LogP contribution is 2.25. The van der Waals surface area contributed by atoms with Crippen molar-refractivity contribution in [3.63, 3.8) is 0 Å². The normalized spacial score (nSPS) is 10.5. The van der Waals surface area contributed by atoms with Gasteiger partial charge in [-0.25, -0.2) is 9.37 Å². The van der Waals surface area contributed by atoms with Crippen LogP contribution in [0.25, 0.3) is 0 Å². The summed E-state index contributed by atoms with van der Waals surface area (Å²) in [6, 6.07) is 4.00. The van der Waals surface area contributed by atoms with Gasteiger partial charge in [0.15, 0.2) is 0 Å². The van der Waals surface area contributed by atoms with E-state index in [4.69, 9.17) is 22.1 Å². The van der Waals surface area contributed by atoms with Crippen LogP contribution in [0.2, 0.25) is 5.02 Å². The van der Waals surface area contributed by atoms with Gasteiger partial charge in [0.05, 0.1) is 10.7 Å². The predicted molar refractivity (Wildman–Crippen MR) is 65.7 cm³/mol. The molecule has 2 aromatic rings. The predicted octanol–water partition coefficient (Wildman–Crippen LogP) is 2.97. The maximum Gasteiger partial charge on any atom is 0.138 e. The van der Waals surface area contributed by atoms with E-state index >= 15 is 0 Å². The molecule has 0 unspecified atom stereocenters. The summed E-state index contributed by atoms with van der Waals surface area (Å²) in [5.74, 6) is 0.0526. The van der Waals surface area contributed by atoms with Crippen LogP contribution in [0.15, 0.2) is 23.6 Å². The Bertz CT molecular complexity index is 518. The Labute approximate surface area is 107 Å². The first-order valence-corrected chi connectivity index (χ1v) is 6.16. The molecule has 90 valence electrons. The van der Waals surface area contributed by atoms with Gasteiger partial charge in [0.25, 0.3) is 0 Å². The molecule has 0 saturated heterocycles. The molecule has 17 heavy (non-hydrogen) atoms. The number of hydrogen-bond donors (Lipinski definition) is 1. The van der Waals surface area contributed by atoms with Crippen LogP contribution in [0.1, 0.15) is 10.7 Å². The number of halogens is 2. The van der Waals surface area contributed by atoms with Crippen molar-refractivity contribution in [3.8, 4) is 5.75 Å². The second-order valence-corrected chi connectivity index (χ2v) is 4.65. The van der Waals surface area contributed by atoms with Gasteiger partial charge in [0, 0.05) is 11.9 Å². The lowest BCUT2D eigenvalue weighted by Gasteiger charge is -2.05. The van der Waals surface area contributed by atoms with Gasteiger partial charge < -0.3 is 10.5 Å². The second-order valence-electron chi connectivity index (χ2n) is 3.30. The third-order valence-corrected chi connectivity index (χ3v) is 3.26. The molecule has 1 aromatic heterocycles. The van der Waals surface area contributed by atoms with Crippen molar-refractivity contribution in [1.29, 1.82) is 0 Å². The zero-order valence-electron chi connectivity index (χ0n) is 8.82. The van der Waals surface area contributed by atoms with Crippen molar-refractivity contribution >= 4 is 22.9 Å².